The molecule has 2 N–H and O–H groups in total. The largest absolute Gasteiger partial charge is 0.454 e. The number of rotatable bonds is 7. The Labute approximate surface area is 172 Å². The maximum absolute atomic E-state index is 12.7. The molecule has 0 unspecified atom stereocenters. The maximum Gasteiger partial charge on any atom is 0.251 e. The predicted octanol–water partition coefficient (Wildman–Crippen LogP) is 2.89. The first kappa shape index (κ1) is 19.4. The molecule has 1 aromatic heterocycles. The summed E-state index contributed by atoms with van der Waals surface area (Å²) in [5.41, 5.74) is 1.02. The Morgan fingerprint density at radius 1 is 1.00 bits per heavy atom. The molecule has 0 fully saturated rings. The zero-order chi connectivity index (χ0) is 20.3. The predicted molar refractivity (Wildman–Crippen MR) is 109 cm³/mol. The molecule has 0 spiro atoms. The summed E-state index contributed by atoms with van der Waals surface area (Å²) >= 11 is 1.54. The number of carbonyl (C=O) groups is 1. The molecule has 3 aromatic rings. The van der Waals surface area contributed by atoms with Crippen molar-refractivity contribution in [3.63, 3.8) is 0 Å². The van der Waals surface area contributed by atoms with E-state index in [9.17, 15) is 13.2 Å². The Bertz CT molecular complexity index is 1130. The van der Waals surface area contributed by atoms with Gasteiger partial charge < -0.3 is 14.8 Å². The molecule has 29 heavy (non-hydrogen) atoms. The van der Waals surface area contributed by atoms with Crippen molar-refractivity contribution in [2.24, 2.45) is 0 Å². The van der Waals surface area contributed by atoms with Gasteiger partial charge in [0.15, 0.2) is 11.5 Å². The molecule has 0 aliphatic carbocycles. The maximum atomic E-state index is 12.7. The first-order valence-corrected chi connectivity index (χ1v) is 11.2. The molecule has 0 radical (unpaired) electrons. The first-order valence-electron chi connectivity index (χ1n) is 8.80. The summed E-state index contributed by atoms with van der Waals surface area (Å²) in [6.07, 6.45) is 0. The van der Waals surface area contributed by atoms with Crippen LogP contribution in [0.25, 0.3) is 0 Å². The third-order valence-corrected chi connectivity index (χ3v) is 6.59. The van der Waals surface area contributed by atoms with E-state index in [-0.39, 0.29) is 29.7 Å². The zero-order valence-corrected chi connectivity index (χ0v) is 16.9. The molecule has 2 heterocycles. The molecule has 0 saturated heterocycles. The fourth-order valence-corrected chi connectivity index (χ4v) is 4.51. The Hall–Kier alpha value is -2.88. The van der Waals surface area contributed by atoms with Gasteiger partial charge in [-0.25, -0.2) is 13.1 Å². The van der Waals surface area contributed by atoms with Crippen molar-refractivity contribution in [2.45, 2.75) is 18.0 Å². The SMILES string of the molecule is O=C(NCc1cccs1)c1cccc(S(=O)(=O)NCc2ccc3c(c2)OCO3)c1. The number of fused-ring (bicyclic) bond motifs is 1. The van der Waals surface area contributed by atoms with Gasteiger partial charge in [-0.2, -0.15) is 0 Å². The molecule has 1 amide bonds. The monoisotopic (exact) mass is 430 g/mol. The molecule has 0 bridgehead atoms. The lowest BCUT2D eigenvalue weighted by molar-refractivity contribution is 0.0951. The van der Waals surface area contributed by atoms with Gasteiger partial charge in [-0.15, -0.1) is 11.3 Å². The lowest BCUT2D eigenvalue weighted by Crippen LogP contribution is -2.25. The summed E-state index contributed by atoms with van der Waals surface area (Å²) in [6, 6.07) is 15.0. The summed E-state index contributed by atoms with van der Waals surface area (Å²) in [5.74, 6) is 0.898. The van der Waals surface area contributed by atoms with Crippen molar-refractivity contribution in [3.05, 3.63) is 76.0 Å². The fraction of sp³-hybridized carbons (Fsp3) is 0.150. The number of benzene rings is 2. The van der Waals surface area contributed by atoms with Crippen molar-refractivity contribution >= 4 is 27.3 Å². The normalized spacial score (nSPS) is 12.7. The second-order valence-electron chi connectivity index (χ2n) is 6.30. The third kappa shape index (κ3) is 4.58. The Balaban J connectivity index is 1.42. The van der Waals surface area contributed by atoms with E-state index in [0.717, 1.165) is 10.4 Å². The number of carbonyl (C=O) groups excluding carboxylic acids is 1. The lowest BCUT2D eigenvalue weighted by atomic mass is 10.2. The van der Waals surface area contributed by atoms with Crippen LogP contribution < -0.4 is 19.5 Å². The van der Waals surface area contributed by atoms with E-state index < -0.39 is 10.0 Å². The van der Waals surface area contributed by atoms with Gasteiger partial charge in [0.05, 0.1) is 11.4 Å². The number of amides is 1. The average Bonchev–Trinajstić information content (AvgIpc) is 3.42. The minimum absolute atomic E-state index is 0.0296. The average molecular weight is 431 g/mol. The van der Waals surface area contributed by atoms with Gasteiger partial charge in [0.2, 0.25) is 16.8 Å². The number of ether oxygens (including phenoxy) is 2. The Morgan fingerprint density at radius 3 is 2.69 bits per heavy atom. The van der Waals surface area contributed by atoms with Gasteiger partial charge in [-0.05, 0) is 47.3 Å². The van der Waals surface area contributed by atoms with Crippen molar-refractivity contribution in [2.75, 3.05) is 6.79 Å². The fourth-order valence-electron chi connectivity index (χ4n) is 2.80. The van der Waals surface area contributed by atoms with Gasteiger partial charge in [-0.1, -0.05) is 18.2 Å². The zero-order valence-electron chi connectivity index (χ0n) is 15.3. The third-order valence-electron chi connectivity index (χ3n) is 4.31. The van der Waals surface area contributed by atoms with Crippen molar-refractivity contribution in [1.82, 2.24) is 10.0 Å². The molecule has 1 aliphatic rings. The lowest BCUT2D eigenvalue weighted by Gasteiger charge is -2.09. The summed E-state index contributed by atoms with van der Waals surface area (Å²) < 4.78 is 38.4. The smallest absolute Gasteiger partial charge is 0.251 e. The van der Waals surface area contributed by atoms with Crippen molar-refractivity contribution < 1.29 is 22.7 Å². The van der Waals surface area contributed by atoms with Crippen LogP contribution in [-0.4, -0.2) is 21.1 Å². The van der Waals surface area contributed by atoms with E-state index in [4.69, 9.17) is 9.47 Å². The molecule has 2 aromatic carbocycles. The van der Waals surface area contributed by atoms with Gasteiger partial charge in [0.1, 0.15) is 0 Å². The summed E-state index contributed by atoms with van der Waals surface area (Å²) in [5, 5.41) is 4.72. The molecule has 0 atom stereocenters. The van der Waals surface area contributed by atoms with Crippen molar-refractivity contribution in [3.8, 4) is 11.5 Å². The van der Waals surface area contributed by atoms with Crippen LogP contribution in [0, 0.1) is 0 Å². The second kappa shape index (κ2) is 8.24. The summed E-state index contributed by atoms with van der Waals surface area (Å²) in [4.78, 5) is 13.4. The Morgan fingerprint density at radius 2 is 1.86 bits per heavy atom. The van der Waals surface area contributed by atoms with Gasteiger partial charge >= 0.3 is 0 Å². The summed E-state index contributed by atoms with van der Waals surface area (Å²) in [7, 11) is -3.79. The molecular weight excluding hydrogens is 412 g/mol. The quantitative estimate of drug-likeness (QED) is 0.601. The van der Waals surface area contributed by atoms with Crippen molar-refractivity contribution in [1.29, 1.82) is 0 Å². The number of hydrogen-bond donors (Lipinski definition) is 2. The van der Waals surface area contributed by atoms with Crippen LogP contribution >= 0.6 is 11.3 Å². The Kier molecular flexibility index (Phi) is 5.52. The van der Waals surface area contributed by atoms with Crippen LogP contribution in [0.3, 0.4) is 0 Å². The highest BCUT2D eigenvalue weighted by Crippen LogP contribution is 2.32. The molecule has 1 aliphatic heterocycles. The number of sulfonamides is 1. The van der Waals surface area contributed by atoms with Gasteiger partial charge in [0.25, 0.3) is 5.91 Å². The standard InChI is InChI=1S/C20H18N2O5S2/c23-20(21-12-16-4-2-8-28-16)15-3-1-5-17(10-15)29(24,25)22-11-14-6-7-18-19(9-14)27-13-26-18/h1-10,22H,11-13H2,(H,21,23). The van der Waals surface area contributed by atoms with Gasteiger partial charge in [-0.3, -0.25) is 4.79 Å². The molecular formula is C20H18N2O5S2. The highest BCUT2D eigenvalue weighted by Gasteiger charge is 2.18. The van der Waals surface area contributed by atoms with Crippen LogP contribution in [0.4, 0.5) is 0 Å². The molecule has 0 saturated carbocycles. The highest BCUT2D eigenvalue weighted by molar-refractivity contribution is 7.89. The minimum Gasteiger partial charge on any atom is -0.454 e. The van der Waals surface area contributed by atoms with Gasteiger partial charge in [0, 0.05) is 17.0 Å². The van der Waals surface area contributed by atoms with E-state index >= 15 is 0 Å². The van der Waals surface area contributed by atoms with Crippen LogP contribution in [-0.2, 0) is 23.1 Å². The topological polar surface area (TPSA) is 93.7 Å². The van der Waals surface area contributed by atoms with Crippen LogP contribution in [0.15, 0.2) is 64.9 Å². The number of thiophene rings is 1. The first-order chi connectivity index (χ1) is 14.0. The second-order valence-corrected chi connectivity index (χ2v) is 9.10. The van der Waals surface area contributed by atoms with Crippen LogP contribution in [0.1, 0.15) is 20.8 Å². The molecule has 7 nitrogen and oxygen atoms in total. The van der Waals surface area contributed by atoms with E-state index in [1.165, 1.54) is 12.1 Å². The number of hydrogen-bond acceptors (Lipinski definition) is 6. The molecule has 9 heteroatoms. The molecule has 150 valence electrons. The van der Waals surface area contributed by atoms with Crippen LogP contribution in [0.5, 0.6) is 11.5 Å². The van der Waals surface area contributed by atoms with E-state index in [1.807, 2.05) is 17.5 Å². The number of nitrogens with one attached hydrogen (secondary N) is 2. The highest BCUT2D eigenvalue weighted by atomic mass is 32.2. The minimum atomic E-state index is -3.79. The summed E-state index contributed by atoms with van der Waals surface area (Å²) in [6.45, 7) is 0.648. The van der Waals surface area contributed by atoms with E-state index in [1.54, 1.807) is 41.7 Å². The van der Waals surface area contributed by atoms with E-state index in [0.29, 0.717) is 18.0 Å². The van der Waals surface area contributed by atoms with Crippen LogP contribution in [0.2, 0.25) is 0 Å². The van der Waals surface area contributed by atoms with E-state index in [2.05, 4.69) is 10.0 Å². The molecule has 4 rings (SSSR count).